The highest BCUT2D eigenvalue weighted by Gasteiger charge is 2.22. The lowest BCUT2D eigenvalue weighted by molar-refractivity contribution is -0.137. The molecule has 110 valence electrons. The Hall–Kier alpha value is -1.89. The Bertz CT molecular complexity index is 486. The molecule has 0 bridgehead atoms. The number of anilines is 1. The van der Waals surface area contributed by atoms with Crippen molar-refractivity contribution in [1.82, 2.24) is 9.78 Å². The van der Waals surface area contributed by atoms with Crippen LogP contribution < -0.4 is 5.32 Å². The molecule has 0 aliphatic carbocycles. The number of hydrogen-bond donors (Lipinski definition) is 2. The van der Waals surface area contributed by atoms with E-state index in [1.165, 1.54) is 10.9 Å². The Kier molecular flexibility index (Phi) is 4.73. The van der Waals surface area contributed by atoms with Crippen molar-refractivity contribution in [1.29, 1.82) is 0 Å². The third-order valence-corrected chi connectivity index (χ3v) is 3.22. The van der Waals surface area contributed by atoms with Crippen molar-refractivity contribution in [2.24, 2.45) is 0 Å². The van der Waals surface area contributed by atoms with Crippen molar-refractivity contribution >= 4 is 17.7 Å². The van der Waals surface area contributed by atoms with Gasteiger partial charge in [-0.3, -0.25) is 14.3 Å². The first-order valence-electron chi connectivity index (χ1n) is 6.73. The molecule has 1 fully saturated rings. The molecule has 7 heteroatoms. The first-order chi connectivity index (χ1) is 9.52. The summed E-state index contributed by atoms with van der Waals surface area (Å²) in [7, 11) is 0. The third kappa shape index (κ3) is 4.34. The molecule has 0 spiro atoms. The van der Waals surface area contributed by atoms with Crippen LogP contribution in [0.4, 0.5) is 5.82 Å². The fourth-order valence-electron chi connectivity index (χ4n) is 2.25. The van der Waals surface area contributed by atoms with Gasteiger partial charge in [-0.25, -0.2) is 0 Å². The molecule has 2 atom stereocenters. The molecule has 0 radical (unpaired) electrons. The van der Waals surface area contributed by atoms with Gasteiger partial charge in [0.05, 0.1) is 12.2 Å². The number of carbonyl (C=O) groups is 2. The molecule has 7 nitrogen and oxygen atoms in total. The van der Waals surface area contributed by atoms with Crippen molar-refractivity contribution in [3.63, 3.8) is 0 Å². The van der Waals surface area contributed by atoms with Crippen molar-refractivity contribution in [3.05, 3.63) is 12.3 Å². The van der Waals surface area contributed by atoms with Crippen molar-refractivity contribution in [2.75, 3.05) is 5.32 Å². The SMILES string of the molecule is CC1CCC(CCC(=O)Nc2ccn(CC(=O)O)n2)O1. The minimum Gasteiger partial charge on any atom is -0.480 e. The number of carbonyl (C=O) groups excluding carboxylic acids is 1. The normalized spacial score (nSPS) is 21.9. The average molecular weight is 281 g/mol. The number of carboxylic acids is 1. The molecule has 2 unspecified atom stereocenters. The molecule has 1 aliphatic heterocycles. The van der Waals surface area contributed by atoms with Gasteiger partial charge in [-0.1, -0.05) is 0 Å². The second kappa shape index (κ2) is 6.51. The predicted octanol–water partition coefficient (Wildman–Crippen LogP) is 1.25. The van der Waals surface area contributed by atoms with E-state index in [2.05, 4.69) is 10.4 Å². The van der Waals surface area contributed by atoms with E-state index < -0.39 is 5.97 Å². The zero-order chi connectivity index (χ0) is 14.5. The summed E-state index contributed by atoms with van der Waals surface area (Å²) in [4.78, 5) is 22.3. The maximum Gasteiger partial charge on any atom is 0.325 e. The van der Waals surface area contributed by atoms with Gasteiger partial charge in [0.1, 0.15) is 6.54 Å². The summed E-state index contributed by atoms with van der Waals surface area (Å²) in [5.41, 5.74) is 0. The lowest BCUT2D eigenvalue weighted by Crippen LogP contribution is -2.16. The minimum atomic E-state index is -0.974. The van der Waals surface area contributed by atoms with Crippen molar-refractivity contribution in [3.8, 4) is 0 Å². The number of aromatic nitrogens is 2. The number of hydrogen-bond acceptors (Lipinski definition) is 4. The maximum atomic E-state index is 11.7. The van der Waals surface area contributed by atoms with Crippen LogP contribution in [0.3, 0.4) is 0 Å². The summed E-state index contributed by atoms with van der Waals surface area (Å²) in [5.74, 6) is -0.732. The van der Waals surface area contributed by atoms with Gasteiger partial charge in [0.15, 0.2) is 5.82 Å². The largest absolute Gasteiger partial charge is 0.480 e. The highest BCUT2D eigenvalue weighted by Crippen LogP contribution is 2.22. The first-order valence-corrected chi connectivity index (χ1v) is 6.73. The topological polar surface area (TPSA) is 93.5 Å². The van der Waals surface area contributed by atoms with Gasteiger partial charge in [0.25, 0.3) is 0 Å². The summed E-state index contributed by atoms with van der Waals surface area (Å²) in [5, 5.41) is 15.2. The van der Waals surface area contributed by atoms with Gasteiger partial charge >= 0.3 is 5.97 Å². The average Bonchev–Trinajstić information content (AvgIpc) is 2.95. The molecule has 1 aromatic heterocycles. The lowest BCUT2D eigenvalue weighted by Gasteiger charge is -2.10. The fourth-order valence-corrected chi connectivity index (χ4v) is 2.25. The van der Waals surface area contributed by atoms with E-state index in [0.29, 0.717) is 18.7 Å². The van der Waals surface area contributed by atoms with Gasteiger partial charge in [0, 0.05) is 18.7 Å². The molecule has 2 rings (SSSR count). The van der Waals surface area contributed by atoms with Crippen LogP contribution in [0.25, 0.3) is 0 Å². The first kappa shape index (κ1) is 14.5. The van der Waals surface area contributed by atoms with E-state index in [9.17, 15) is 9.59 Å². The molecule has 0 aromatic carbocycles. The predicted molar refractivity (Wildman–Crippen MR) is 71.3 cm³/mol. The standard InChI is InChI=1S/C13H19N3O4/c1-9-2-3-10(20-9)4-5-12(17)14-11-6-7-16(15-11)8-13(18)19/h6-7,9-10H,2-5,8H2,1H3,(H,18,19)(H,14,15,17). The summed E-state index contributed by atoms with van der Waals surface area (Å²) >= 11 is 0. The van der Waals surface area contributed by atoms with E-state index in [4.69, 9.17) is 9.84 Å². The number of nitrogens with zero attached hydrogens (tertiary/aromatic N) is 2. The van der Waals surface area contributed by atoms with Crippen molar-refractivity contribution in [2.45, 2.75) is 51.4 Å². The van der Waals surface area contributed by atoms with E-state index in [1.54, 1.807) is 6.07 Å². The summed E-state index contributed by atoms with van der Waals surface area (Å²) in [6.45, 7) is 1.82. The molecular formula is C13H19N3O4. The second-order valence-corrected chi connectivity index (χ2v) is 5.03. The Labute approximate surface area is 116 Å². The van der Waals surface area contributed by atoms with E-state index in [0.717, 1.165) is 12.8 Å². The molecule has 1 aliphatic rings. The third-order valence-electron chi connectivity index (χ3n) is 3.22. The quantitative estimate of drug-likeness (QED) is 0.818. The number of ether oxygens (including phenoxy) is 1. The number of amides is 1. The molecule has 1 aromatic rings. The highest BCUT2D eigenvalue weighted by atomic mass is 16.5. The lowest BCUT2D eigenvalue weighted by atomic mass is 10.1. The second-order valence-electron chi connectivity index (χ2n) is 5.03. The minimum absolute atomic E-state index is 0.131. The van der Waals surface area contributed by atoms with E-state index in [1.807, 2.05) is 6.92 Å². The molecule has 2 heterocycles. The zero-order valence-corrected chi connectivity index (χ0v) is 11.4. The summed E-state index contributed by atoms with van der Waals surface area (Å²) in [6, 6.07) is 1.58. The Morgan fingerprint density at radius 3 is 3.00 bits per heavy atom. The van der Waals surface area contributed by atoms with Crippen LogP contribution >= 0.6 is 0 Å². The van der Waals surface area contributed by atoms with Gasteiger partial charge < -0.3 is 15.2 Å². The summed E-state index contributed by atoms with van der Waals surface area (Å²) < 4.78 is 6.91. The molecule has 1 saturated heterocycles. The molecular weight excluding hydrogens is 262 g/mol. The summed E-state index contributed by atoms with van der Waals surface area (Å²) in [6.07, 6.45) is 5.10. The van der Waals surface area contributed by atoms with Crippen LogP contribution in [0.1, 0.15) is 32.6 Å². The van der Waals surface area contributed by atoms with Crippen molar-refractivity contribution < 1.29 is 19.4 Å². The van der Waals surface area contributed by atoms with Crippen LogP contribution in [-0.2, 0) is 20.9 Å². The van der Waals surface area contributed by atoms with Crippen LogP contribution in [0.5, 0.6) is 0 Å². The number of rotatable bonds is 6. The van der Waals surface area contributed by atoms with Crippen LogP contribution in [0.2, 0.25) is 0 Å². The van der Waals surface area contributed by atoms with Crippen LogP contribution in [0.15, 0.2) is 12.3 Å². The zero-order valence-electron chi connectivity index (χ0n) is 11.4. The molecule has 2 N–H and O–H groups in total. The van der Waals surface area contributed by atoms with Crippen LogP contribution in [-0.4, -0.2) is 39.0 Å². The van der Waals surface area contributed by atoms with E-state index in [-0.39, 0.29) is 24.7 Å². The molecule has 1 amide bonds. The Morgan fingerprint density at radius 1 is 1.55 bits per heavy atom. The van der Waals surface area contributed by atoms with Gasteiger partial charge in [-0.15, -0.1) is 0 Å². The highest BCUT2D eigenvalue weighted by molar-refractivity contribution is 5.89. The smallest absolute Gasteiger partial charge is 0.325 e. The fraction of sp³-hybridized carbons (Fsp3) is 0.615. The van der Waals surface area contributed by atoms with E-state index >= 15 is 0 Å². The number of nitrogens with one attached hydrogen (secondary N) is 1. The molecule has 0 saturated carbocycles. The molecule has 20 heavy (non-hydrogen) atoms. The Morgan fingerprint density at radius 2 is 2.35 bits per heavy atom. The monoisotopic (exact) mass is 281 g/mol. The maximum absolute atomic E-state index is 11.7. The van der Waals surface area contributed by atoms with Gasteiger partial charge in [-0.05, 0) is 26.2 Å². The Balaban J connectivity index is 1.73. The van der Waals surface area contributed by atoms with Gasteiger partial charge in [-0.2, -0.15) is 5.10 Å². The van der Waals surface area contributed by atoms with Gasteiger partial charge in [0.2, 0.25) is 5.91 Å². The van der Waals surface area contributed by atoms with Crippen LogP contribution in [0, 0.1) is 0 Å². The number of carboxylic acid groups (broad SMARTS) is 1. The number of aliphatic carboxylic acids is 1.